The first-order valence-electron chi connectivity index (χ1n) is 12.9. The summed E-state index contributed by atoms with van der Waals surface area (Å²) in [5, 5.41) is 3.02. The van der Waals surface area contributed by atoms with Crippen molar-refractivity contribution in [2.75, 3.05) is 26.2 Å². The minimum Gasteiger partial charge on any atom is -0.351 e. The molecule has 2 aromatic carbocycles. The van der Waals surface area contributed by atoms with Crippen molar-refractivity contribution in [1.29, 1.82) is 0 Å². The van der Waals surface area contributed by atoms with Crippen LogP contribution in [0.4, 0.5) is 8.78 Å². The fourth-order valence-corrected chi connectivity index (χ4v) is 4.69. The molecular formula is C28H34F2N6O. The van der Waals surface area contributed by atoms with Crippen molar-refractivity contribution in [2.24, 2.45) is 0 Å². The Balaban J connectivity index is 1.53. The van der Waals surface area contributed by atoms with Crippen LogP contribution in [0.3, 0.4) is 0 Å². The van der Waals surface area contributed by atoms with Gasteiger partial charge >= 0.3 is 0 Å². The van der Waals surface area contributed by atoms with Gasteiger partial charge in [-0.3, -0.25) is 4.79 Å². The summed E-state index contributed by atoms with van der Waals surface area (Å²) in [6.45, 7) is 10.8. The number of rotatable bonds is 12. The summed E-state index contributed by atoms with van der Waals surface area (Å²) in [4.78, 5) is 24.2. The molecule has 2 aromatic heterocycles. The molecule has 4 rings (SSSR count). The number of nitrogens with zero attached hydrogens (tertiary/aromatic N) is 5. The van der Waals surface area contributed by atoms with Crippen LogP contribution in [0.15, 0.2) is 48.8 Å². The lowest BCUT2D eigenvalue weighted by Gasteiger charge is -2.20. The Hall–Kier alpha value is -3.59. The van der Waals surface area contributed by atoms with Crippen molar-refractivity contribution in [3.8, 4) is 11.4 Å². The molecule has 0 saturated carbocycles. The monoisotopic (exact) mass is 508 g/mol. The average molecular weight is 509 g/mol. The van der Waals surface area contributed by atoms with E-state index in [1.165, 1.54) is 0 Å². The number of nitrogens with one attached hydrogen (secondary N) is 1. The zero-order chi connectivity index (χ0) is 26.4. The molecule has 0 aliphatic carbocycles. The lowest BCUT2D eigenvalue weighted by Crippen LogP contribution is -2.35. The van der Waals surface area contributed by atoms with Gasteiger partial charge in [-0.25, -0.2) is 18.7 Å². The maximum atomic E-state index is 14.4. The number of hydrogen-bond donors (Lipinski definition) is 1. The van der Waals surface area contributed by atoms with Gasteiger partial charge in [-0.2, -0.15) is 0 Å². The van der Waals surface area contributed by atoms with Crippen LogP contribution in [-0.4, -0.2) is 56.1 Å². The van der Waals surface area contributed by atoms with Gasteiger partial charge in [-0.1, -0.05) is 13.8 Å². The van der Waals surface area contributed by atoms with Gasteiger partial charge in [-0.15, -0.1) is 0 Å². The highest BCUT2D eigenvalue weighted by Gasteiger charge is 2.17. The Morgan fingerprint density at radius 2 is 1.81 bits per heavy atom. The van der Waals surface area contributed by atoms with E-state index in [-0.39, 0.29) is 11.5 Å². The molecule has 0 aliphatic heterocycles. The van der Waals surface area contributed by atoms with Crippen LogP contribution in [0.2, 0.25) is 0 Å². The number of halogens is 2. The molecular weight excluding hydrogens is 474 g/mol. The second-order valence-corrected chi connectivity index (χ2v) is 9.08. The van der Waals surface area contributed by atoms with E-state index in [9.17, 15) is 13.6 Å². The van der Waals surface area contributed by atoms with Crippen molar-refractivity contribution in [2.45, 2.75) is 46.7 Å². The Morgan fingerprint density at radius 3 is 2.54 bits per heavy atom. The van der Waals surface area contributed by atoms with Gasteiger partial charge in [0.1, 0.15) is 23.3 Å². The van der Waals surface area contributed by atoms with E-state index in [0.29, 0.717) is 36.5 Å². The highest BCUT2D eigenvalue weighted by molar-refractivity contribution is 5.97. The van der Waals surface area contributed by atoms with Crippen molar-refractivity contribution in [3.63, 3.8) is 0 Å². The van der Waals surface area contributed by atoms with E-state index in [1.54, 1.807) is 23.0 Å². The Bertz CT molecular complexity index is 1360. The number of aryl methyl sites for hydroxylation is 1. The van der Waals surface area contributed by atoms with Crippen LogP contribution in [0.1, 0.15) is 49.8 Å². The van der Waals surface area contributed by atoms with E-state index in [0.717, 1.165) is 62.0 Å². The highest BCUT2D eigenvalue weighted by atomic mass is 19.1. The molecule has 4 aromatic rings. The minimum absolute atomic E-state index is 0.0968. The molecule has 37 heavy (non-hydrogen) atoms. The second kappa shape index (κ2) is 12.1. The SMILES string of the molecule is CCCN(CCC)CCNC(=O)c1ccc2c(c1)nc(Cn1ccnc1-c1cc(F)ccc1F)n2CC. The van der Waals surface area contributed by atoms with Crippen LogP contribution in [0, 0.1) is 11.6 Å². The summed E-state index contributed by atoms with van der Waals surface area (Å²) in [5.41, 5.74) is 2.27. The fraction of sp³-hybridized carbons (Fsp3) is 0.393. The zero-order valence-corrected chi connectivity index (χ0v) is 21.7. The molecule has 1 amide bonds. The number of imidazole rings is 2. The second-order valence-electron chi connectivity index (χ2n) is 9.08. The maximum absolute atomic E-state index is 14.4. The highest BCUT2D eigenvalue weighted by Crippen LogP contribution is 2.24. The van der Waals surface area contributed by atoms with Gasteiger partial charge in [0, 0.05) is 37.6 Å². The molecule has 0 radical (unpaired) electrons. The molecule has 7 nitrogen and oxygen atoms in total. The number of amides is 1. The predicted octanol–water partition coefficient (Wildman–Crippen LogP) is 5.10. The number of carbonyl (C=O) groups excluding carboxylic acids is 1. The molecule has 196 valence electrons. The first-order valence-corrected chi connectivity index (χ1v) is 12.9. The van der Waals surface area contributed by atoms with Crippen molar-refractivity contribution >= 4 is 16.9 Å². The van der Waals surface area contributed by atoms with E-state index in [2.05, 4.69) is 33.6 Å². The van der Waals surface area contributed by atoms with Gasteiger partial charge < -0.3 is 19.4 Å². The fourth-order valence-electron chi connectivity index (χ4n) is 4.69. The molecule has 0 fully saturated rings. The van der Waals surface area contributed by atoms with E-state index >= 15 is 0 Å². The molecule has 9 heteroatoms. The van der Waals surface area contributed by atoms with Gasteiger partial charge in [-0.05, 0) is 69.3 Å². The normalized spacial score (nSPS) is 11.5. The third-order valence-electron chi connectivity index (χ3n) is 6.40. The molecule has 1 N–H and O–H groups in total. The summed E-state index contributed by atoms with van der Waals surface area (Å²) in [6, 6.07) is 8.86. The number of fused-ring (bicyclic) bond motifs is 1. The Kier molecular flexibility index (Phi) is 8.66. The van der Waals surface area contributed by atoms with Crippen molar-refractivity contribution < 1.29 is 13.6 Å². The molecule has 0 unspecified atom stereocenters. The molecule has 2 heterocycles. The zero-order valence-electron chi connectivity index (χ0n) is 21.7. The number of aromatic nitrogens is 4. The van der Waals surface area contributed by atoms with Crippen LogP contribution >= 0.6 is 0 Å². The van der Waals surface area contributed by atoms with Gasteiger partial charge in [0.25, 0.3) is 5.91 Å². The predicted molar refractivity (Wildman–Crippen MR) is 141 cm³/mol. The molecule has 0 aliphatic rings. The third kappa shape index (κ3) is 6.05. The third-order valence-corrected chi connectivity index (χ3v) is 6.40. The minimum atomic E-state index is -0.541. The van der Waals surface area contributed by atoms with E-state index in [4.69, 9.17) is 4.98 Å². The van der Waals surface area contributed by atoms with Crippen LogP contribution in [-0.2, 0) is 13.1 Å². The van der Waals surface area contributed by atoms with Crippen molar-refractivity contribution in [3.05, 3.63) is 71.8 Å². The molecule has 0 atom stereocenters. The van der Waals surface area contributed by atoms with Gasteiger partial charge in [0.05, 0.1) is 23.1 Å². The largest absolute Gasteiger partial charge is 0.351 e. The summed E-state index contributed by atoms with van der Waals surface area (Å²) in [7, 11) is 0. The van der Waals surface area contributed by atoms with Gasteiger partial charge in [0.2, 0.25) is 0 Å². The number of carbonyl (C=O) groups is 1. The van der Waals surface area contributed by atoms with E-state index in [1.807, 2.05) is 19.1 Å². The summed E-state index contributed by atoms with van der Waals surface area (Å²) < 4.78 is 32.0. The lowest BCUT2D eigenvalue weighted by molar-refractivity contribution is 0.0948. The lowest BCUT2D eigenvalue weighted by atomic mass is 10.2. The molecule has 0 bridgehead atoms. The van der Waals surface area contributed by atoms with E-state index < -0.39 is 11.6 Å². The Morgan fingerprint density at radius 1 is 1.03 bits per heavy atom. The van der Waals surface area contributed by atoms with Crippen LogP contribution in [0.5, 0.6) is 0 Å². The standard InChI is InChI=1S/C28H34F2N6O/c1-4-13-34(14-5-2)15-11-32-28(37)20-7-10-25-24(17-20)33-26(36(25)6-3)19-35-16-12-31-27(35)22-18-21(29)8-9-23(22)30/h7-10,12,16-18H,4-6,11,13-15,19H2,1-3H3,(H,32,37). The van der Waals surface area contributed by atoms with Crippen molar-refractivity contribution in [1.82, 2.24) is 29.3 Å². The van der Waals surface area contributed by atoms with Crippen LogP contribution < -0.4 is 5.32 Å². The maximum Gasteiger partial charge on any atom is 0.251 e. The smallest absolute Gasteiger partial charge is 0.251 e. The number of hydrogen-bond acceptors (Lipinski definition) is 4. The first kappa shape index (κ1) is 26.5. The molecule has 0 saturated heterocycles. The summed E-state index contributed by atoms with van der Waals surface area (Å²) in [6.07, 6.45) is 5.46. The summed E-state index contributed by atoms with van der Waals surface area (Å²) >= 11 is 0. The summed E-state index contributed by atoms with van der Waals surface area (Å²) in [5.74, 6) is -0.129. The number of benzene rings is 2. The molecule has 0 spiro atoms. The quantitative estimate of drug-likeness (QED) is 0.289. The first-order chi connectivity index (χ1) is 17.9. The van der Waals surface area contributed by atoms with Gasteiger partial charge in [0.15, 0.2) is 0 Å². The topological polar surface area (TPSA) is 68.0 Å². The average Bonchev–Trinajstić information content (AvgIpc) is 3.49. The Labute approximate surface area is 216 Å². The van der Waals surface area contributed by atoms with Crippen LogP contribution in [0.25, 0.3) is 22.4 Å².